The first-order chi connectivity index (χ1) is 10.6. The van der Waals surface area contributed by atoms with Crippen LogP contribution in [0.5, 0.6) is 0 Å². The average molecular weight is 302 g/mol. The van der Waals surface area contributed by atoms with Gasteiger partial charge in [-0.05, 0) is 94.3 Å². The number of hydrogen-bond acceptors (Lipinski definition) is 1. The maximum atomic E-state index is 9.36. The Morgan fingerprint density at radius 2 is 1.50 bits per heavy atom. The molecule has 0 unspecified atom stereocenters. The van der Waals surface area contributed by atoms with Gasteiger partial charge in [0.05, 0.1) is 11.5 Å². The first-order valence-corrected chi connectivity index (χ1v) is 9.97. The number of nitriles is 1. The van der Waals surface area contributed by atoms with Crippen molar-refractivity contribution in [2.24, 2.45) is 22.2 Å². The monoisotopic (exact) mass is 301 g/mol. The number of hydrogen-bond donors (Lipinski definition) is 0. The largest absolute Gasteiger partial charge is 0.198 e. The molecule has 0 heterocycles. The van der Waals surface area contributed by atoms with Crippen molar-refractivity contribution in [2.75, 3.05) is 0 Å². The minimum atomic E-state index is -0.0135. The molecular weight excluding hydrogens is 266 g/mol. The quantitative estimate of drug-likeness (QED) is 0.523. The molecule has 0 aliphatic heterocycles. The summed E-state index contributed by atoms with van der Waals surface area (Å²) in [5, 5.41) is 9.36. The Bertz CT molecular complexity index is 397. The van der Waals surface area contributed by atoms with E-state index in [1.54, 1.807) is 0 Å². The van der Waals surface area contributed by atoms with Gasteiger partial charge < -0.3 is 0 Å². The van der Waals surface area contributed by atoms with Crippen molar-refractivity contribution in [1.29, 1.82) is 5.26 Å². The van der Waals surface area contributed by atoms with E-state index in [1.807, 2.05) is 0 Å². The zero-order chi connectivity index (χ0) is 15.7. The van der Waals surface area contributed by atoms with Crippen LogP contribution in [0.2, 0.25) is 0 Å². The maximum Gasteiger partial charge on any atom is 0.0686 e. The molecule has 4 fully saturated rings. The Morgan fingerprint density at radius 1 is 0.909 bits per heavy atom. The molecule has 0 N–H and O–H groups in total. The van der Waals surface area contributed by atoms with E-state index in [0.717, 1.165) is 24.2 Å². The summed E-state index contributed by atoms with van der Waals surface area (Å²) in [6.07, 6.45) is 19.8. The van der Waals surface area contributed by atoms with Crippen molar-refractivity contribution in [3.05, 3.63) is 0 Å². The number of fused-ring (bicyclic) bond motifs is 3. The fourth-order valence-electron chi connectivity index (χ4n) is 6.01. The Balaban J connectivity index is 1.57. The molecule has 4 saturated carbocycles. The van der Waals surface area contributed by atoms with Gasteiger partial charge in [0.25, 0.3) is 0 Å². The molecule has 1 heteroatoms. The minimum Gasteiger partial charge on any atom is -0.198 e. The lowest BCUT2D eigenvalue weighted by molar-refractivity contribution is -0.0676. The SMILES string of the molecule is CCCCCC12CCC(C3CCC(C)(C#N)CC3)(CC1)CC2. The first kappa shape index (κ1) is 16.4. The number of rotatable bonds is 5. The van der Waals surface area contributed by atoms with Crippen LogP contribution in [-0.2, 0) is 0 Å². The topological polar surface area (TPSA) is 23.8 Å². The Kier molecular flexibility index (Phi) is 4.59. The third-order valence-electron chi connectivity index (χ3n) is 8.00. The highest BCUT2D eigenvalue weighted by Gasteiger charge is 2.52. The van der Waals surface area contributed by atoms with E-state index in [4.69, 9.17) is 0 Å². The number of nitrogens with zero attached hydrogens (tertiary/aromatic N) is 1. The fourth-order valence-corrected chi connectivity index (χ4v) is 6.01. The van der Waals surface area contributed by atoms with Crippen LogP contribution in [0.3, 0.4) is 0 Å². The average Bonchev–Trinajstić information content (AvgIpc) is 2.57. The second-order valence-electron chi connectivity index (χ2n) is 9.27. The molecule has 22 heavy (non-hydrogen) atoms. The molecular formula is C21H35N. The van der Waals surface area contributed by atoms with E-state index in [0.29, 0.717) is 5.41 Å². The zero-order valence-corrected chi connectivity index (χ0v) is 14.9. The second kappa shape index (κ2) is 6.18. The summed E-state index contributed by atoms with van der Waals surface area (Å²) in [4.78, 5) is 0. The lowest BCUT2D eigenvalue weighted by Gasteiger charge is -2.58. The summed E-state index contributed by atoms with van der Waals surface area (Å²) < 4.78 is 0. The summed E-state index contributed by atoms with van der Waals surface area (Å²) in [5.74, 6) is 0.933. The molecule has 1 nitrogen and oxygen atoms in total. The Labute approximate surface area is 137 Å². The predicted molar refractivity (Wildman–Crippen MR) is 92.4 cm³/mol. The van der Waals surface area contributed by atoms with Gasteiger partial charge in [0.2, 0.25) is 0 Å². The van der Waals surface area contributed by atoms with Crippen LogP contribution >= 0.6 is 0 Å². The molecule has 4 aliphatic rings. The molecule has 0 radical (unpaired) electrons. The van der Waals surface area contributed by atoms with Gasteiger partial charge in [0.15, 0.2) is 0 Å². The van der Waals surface area contributed by atoms with Gasteiger partial charge in [-0.1, -0.05) is 26.2 Å². The summed E-state index contributed by atoms with van der Waals surface area (Å²) in [7, 11) is 0. The van der Waals surface area contributed by atoms with Crippen molar-refractivity contribution >= 4 is 0 Å². The Hall–Kier alpha value is -0.510. The van der Waals surface area contributed by atoms with Crippen LogP contribution < -0.4 is 0 Å². The molecule has 4 aliphatic carbocycles. The van der Waals surface area contributed by atoms with Crippen LogP contribution in [0.4, 0.5) is 0 Å². The van der Waals surface area contributed by atoms with E-state index in [-0.39, 0.29) is 5.41 Å². The van der Waals surface area contributed by atoms with E-state index in [2.05, 4.69) is 19.9 Å². The van der Waals surface area contributed by atoms with Crippen molar-refractivity contribution in [1.82, 2.24) is 0 Å². The van der Waals surface area contributed by atoms with Crippen LogP contribution in [0.25, 0.3) is 0 Å². The molecule has 0 saturated heterocycles. The van der Waals surface area contributed by atoms with Gasteiger partial charge in [0.1, 0.15) is 0 Å². The van der Waals surface area contributed by atoms with Gasteiger partial charge in [-0.2, -0.15) is 5.26 Å². The standard InChI is InChI=1S/C21H35N/c1-3-4-5-8-20-11-14-21(15-12-20,16-13-20)18-6-9-19(2,17-22)10-7-18/h18H,3-16H2,1-2H3. The predicted octanol–water partition coefficient (Wildman–Crippen LogP) is 6.63. The summed E-state index contributed by atoms with van der Waals surface area (Å²) >= 11 is 0. The molecule has 0 aromatic heterocycles. The summed E-state index contributed by atoms with van der Waals surface area (Å²) in [6.45, 7) is 4.50. The van der Waals surface area contributed by atoms with Crippen LogP contribution in [0.1, 0.15) is 104 Å². The molecule has 0 aromatic rings. The van der Waals surface area contributed by atoms with E-state index in [1.165, 1.54) is 77.0 Å². The molecule has 4 rings (SSSR count). The van der Waals surface area contributed by atoms with E-state index < -0.39 is 0 Å². The molecule has 2 bridgehead atoms. The molecule has 0 atom stereocenters. The van der Waals surface area contributed by atoms with E-state index in [9.17, 15) is 5.26 Å². The normalized spacial score (nSPS) is 44.7. The van der Waals surface area contributed by atoms with Crippen LogP contribution in [-0.4, -0.2) is 0 Å². The fraction of sp³-hybridized carbons (Fsp3) is 0.952. The van der Waals surface area contributed by atoms with Gasteiger partial charge in [-0.3, -0.25) is 0 Å². The summed E-state index contributed by atoms with van der Waals surface area (Å²) in [6, 6.07) is 2.58. The minimum absolute atomic E-state index is 0.0135. The zero-order valence-electron chi connectivity index (χ0n) is 14.9. The lowest BCUT2D eigenvalue weighted by atomic mass is 9.47. The van der Waals surface area contributed by atoms with Gasteiger partial charge in [-0.15, -0.1) is 0 Å². The third-order valence-corrected chi connectivity index (χ3v) is 8.00. The highest BCUT2D eigenvalue weighted by Crippen LogP contribution is 2.64. The lowest BCUT2D eigenvalue weighted by Crippen LogP contribution is -2.46. The Morgan fingerprint density at radius 3 is 2.00 bits per heavy atom. The van der Waals surface area contributed by atoms with Crippen molar-refractivity contribution in [3.8, 4) is 6.07 Å². The van der Waals surface area contributed by atoms with Gasteiger partial charge >= 0.3 is 0 Å². The highest BCUT2D eigenvalue weighted by molar-refractivity contribution is 5.06. The second-order valence-corrected chi connectivity index (χ2v) is 9.27. The molecule has 0 spiro atoms. The third kappa shape index (κ3) is 2.95. The maximum absolute atomic E-state index is 9.36. The molecule has 0 amide bonds. The van der Waals surface area contributed by atoms with Crippen LogP contribution in [0, 0.1) is 33.5 Å². The first-order valence-electron chi connectivity index (χ1n) is 9.97. The van der Waals surface area contributed by atoms with Crippen LogP contribution in [0.15, 0.2) is 0 Å². The van der Waals surface area contributed by atoms with Crippen molar-refractivity contribution < 1.29 is 0 Å². The number of unbranched alkanes of at least 4 members (excludes halogenated alkanes) is 2. The molecule has 124 valence electrons. The van der Waals surface area contributed by atoms with Gasteiger partial charge in [0, 0.05) is 0 Å². The smallest absolute Gasteiger partial charge is 0.0686 e. The van der Waals surface area contributed by atoms with Crippen molar-refractivity contribution in [2.45, 2.75) is 104 Å². The molecule has 0 aromatic carbocycles. The summed E-state index contributed by atoms with van der Waals surface area (Å²) in [5.41, 5.74) is 1.41. The van der Waals surface area contributed by atoms with E-state index >= 15 is 0 Å². The highest BCUT2D eigenvalue weighted by atomic mass is 14.6. The van der Waals surface area contributed by atoms with Crippen molar-refractivity contribution in [3.63, 3.8) is 0 Å². The van der Waals surface area contributed by atoms with Gasteiger partial charge in [-0.25, -0.2) is 0 Å².